The number of carbonyl (C=O) groups excluding carboxylic acids is 1. The van der Waals surface area contributed by atoms with Crippen molar-refractivity contribution in [2.45, 2.75) is 17.9 Å². The lowest BCUT2D eigenvalue weighted by atomic mass is 10.1. The van der Waals surface area contributed by atoms with Crippen molar-refractivity contribution in [2.75, 3.05) is 43.9 Å². The molecule has 0 saturated carbocycles. The molecule has 1 aliphatic heterocycles. The Morgan fingerprint density at radius 3 is 2.48 bits per heavy atom. The van der Waals surface area contributed by atoms with Crippen LogP contribution in [0.2, 0.25) is 10.0 Å². The molecule has 0 aromatic heterocycles. The Balaban J connectivity index is 1.55. The summed E-state index contributed by atoms with van der Waals surface area (Å²) < 4.78 is 30.5. The number of benzene rings is 2. The summed E-state index contributed by atoms with van der Waals surface area (Å²) in [6.45, 7) is 5.01. The van der Waals surface area contributed by atoms with Gasteiger partial charge < -0.3 is 15.4 Å². The number of urea groups is 1. The number of ether oxygens (including phenoxy) is 1. The van der Waals surface area contributed by atoms with Gasteiger partial charge in [0, 0.05) is 25.3 Å². The molecular weight excluding hydrogens is 461 g/mol. The summed E-state index contributed by atoms with van der Waals surface area (Å²) in [5.74, 6) is 0.0399. The molecule has 1 unspecified atom stereocenters. The molecule has 0 bridgehead atoms. The minimum atomic E-state index is -3.41. The van der Waals surface area contributed by atoms with Crippen molar-refractivity contribution in [1.82, 2.24) is 10.2 Å². The van der Waals surface area contributed by atoms with Gasteiger partial charge in [0.2, 0.25) is 0 Å². The number of hydrogen-bond acceptors (Lipinski definition) is 5. The minimum absolute atomic E-state index is 0.0399. The average molecular weight is 486 g/mol. The molecule has 31 heavy (non-hydrogen) atoms. The largest absolute Gasteiger partial charge is 0.379 e. The third kappa shape index (κ3) is 6.57. The summed E-state index contributed by atoms with van der Waals surface area (Å²) >= 11 is 12.2. The number of amides is 2. The van der Waals surface area contributed by atoms with E-state index >= 15 is 0 Å². The highest BCUT2D eigenvalue weighted by molar-refractivity contribution is 7.91. The van der Waals surface area contributed by atoms with E-state index in [0.29, 0.717) is 41.1 Å². The lowest BCUT2D eigenvalue weighted by molar-refractivity contribution is 0.0408. The van der Waals surface area contributed by atoms with Crippen LogP contribution in [0.1, 0.15) is 18.5 Å². The van der Waals surface area contributed by atoms with Crippen LogP contribution in [0.5, 0.6) is 0 Å². The Bertz CT molecular complexity index is 1010. The molecule has 1 heterocycles. The summed E-state index contributed by atoms with van der Waals surface area (Å²) in [5.41, 5.74) is 1.18. The van der Waals surface area contributed by atoms with Crippen molar-refractivity contribution in [3.8, 4) is 0 Å². The topological polar surface area (TPSA) is 87.7 Å². The summed E-state index contributed by atoms with van der Waals surface area (Å²) in [5, 5.41) is 6.29. The third-order valence-corrected chi connectivity index (χ3v) is 7.59. The number of nitrogens with zero attached hydrogens (tertiary/aromatic N) is 1. The second kappa shape index (κ2) is 10.7. The highest BCUT2D eigenvalue weighted by Crippen LogP contribution is 2.29. The molecular formula is C21H25Cl2N3O4S. The number of sulfone groups is 1. The normalized spacial score (nSPS) is 16.0. The second-order valence-corrected chi connectivity index (χ2v) is 10.2. The maximum absolute atomic E-state index is 12.6. The summed E-state index contributed by atoms with van der Waals surface area (Å²) in [6.07, 6.45) is 0. The van der Waals surface area contributed by atoms with Gasteiger partial charge in [-0.3, -0.25) is 4.90 Å². The first-order chi connectivity index (χ1) is 14.8. The quantitative estimate of drug-likeness (QED) is 0.618. The van der Waals surface area contributed by atoms with Crippen molar-refractivity contribution in [3.63, 3.8) is 0 Å². The van der Waals surface area contributed by atoms with Crippen molar-refractivity contribution in [3.05, 3.63) is 58.1 Å². The second-order valence-electron chi connectivity index (χ2n) is 7.26. The first-order valence-electron chi connectivity index (χ1n) is 9.90. The fraction of sp³-hybridized carbons (Fsp3) is 0.381. The number of hydrogen-bond donors (Lipinski definition) is 2. The molecule has 0 spiro atoms. The zero-order valence-electron chi connectivity index (χ0n) is 17.1. The van der Waals surface area contributed by atoms with Crippen LogP contribution in [-0.2, 0) is 14.6 Å². The van der Waals surface area contributed by atoms with Gasteiger partial charge in [-0.1, -0.05) is 35.3 Å². The summed E-state index contributed by atoms with van der Waals surface area (Å²) in [6, 6.07) is 10.6. The Morgan fingerprint density at radius 2 is 1.81 bits per heavy atom. The van der Waals surface area contributed by atoms with Crippen LogP contribution in [-0.4, -0.2) is 57.9 Å². The molecule has 168 valence electrons. The third-order valence-electron chi connectivity index (χ3n) is 5.05. The van der Waals surface area contributed by atoms with E-state index in [0.717, 1.165) is 13.1 Å². The van der Waals surface area contributed by atoms with Crippen LogP contribution < -0.4 is 10.6 Å². The molecule has 2 aromatic rings. The van der Waals surface area contributed by atoms with Gasteiger partial charge in [-0.15, -0.1) is 0 Å². The number of nitrogens with one attached hydrogen (secondary N) is 2. The molecule has 10 heteroatoms. The van der Waals surface area contributed by atoms with E-state index in [4.69, 9.17) is 27.9 Å². The van der Waals surface area contributed by atoms with Crippen LogP contribution in [0.15, 0.2) is 47.4 Å². The maximum atomic E-state index is 12.6. The Morgan fingerprint density at radius 1 is 1.13 bits per heavy atom. The van der Waals surface area contributed by atoms with Crippen molar-refractivity contribution in [1.29, 1.82) is 0 Å². The average Bonchev–Trinajstić information content (AvgIpc) is 2.75. The number of halogens is 2. The molecule has 2 amide bonds. The van der Waals surface area contributed by atoms with Gasteiger partial charge in [0.15, 0.2) is 9.84 Å². The molecule has 2 aromatic carbocycles. The lowest BCUT2D eigenvalue weighted by Gasteiger charge is -2.26. The van der Waals surface area contributed by atoms with Gasteiger partial charge >= 0.3 is 6.03 Å². The zero-order valence-corrected chi connectivity index (χ0v) is 19.4. The molecule has 2 N–H and O–H groups in total. The lowest BCUT2D eigenvalue weighted by Crippen LogP contribution is -2.39. The van der Waals surface area contributed by atoms with Gasteiger partial charge in [-0.25, -0.2) is 13.2 Å². The Kier molecular flexibility index (Phi) is 8.18. The van der Waals surface area contributed by atoms with Gasteiger partial charge in [0.25, 0.3) is 0 Å². The predicted molar refractivity (Wildman–Crippen MR) is 123 cm³/mol. The summed E-state index contributed by atoms with van der Waals surface area (Å²) in [7, 11) is -3.41. The monoisotopic (exact) mass is 485 g/mol. The number of morpholine rings is 1. The van der Waals surface area contributed by atoms with Gasteiger partial charge in [0.05, 0.1) is 39.9 Å². The van der Waals surface area contributed by atoms with Gasteiger partial charge in [0.1, 0.15) is 0 Å². The maximum Gasteiger partial charge on any atom is 0.319 e. The van der Waals surface area contributed by atoms with E-state index in [1.54, 1.807) is 37.3 Å². The molecule has 1 atom stereocenters. The predicted octanol–water partition coefficient (Wildman–Crippen LogP) is 3.98. The molecule has 0 aliphatic carbocycles. The van der Waals surface area contributed by atoms with Crippen molar-refractivity contribution < 1.29 is 17.9 Å². The van der Waals surface area contributed by atoms with E-state index in [9.17, 15) is 13.2 Å². The minimum Gasteiger partial charge on any atom is -0.379 e. The first kappa shape index (κ1) is 23.8. The van der Waals surface area contributed by atoms with Crippen LogP contribution in [0.4, 0.5) is 10.5 Å². The molecule has 3 rings (SSSR count). The van der Waals surface area contributed by atoms with E-state index in [2.05, 4.69) is 15.5 Å². The molecule has 1 fully saturated rings. The first-order valence-corrected chi connectivity index (χ1v) is 12.3. The molecule has 7 nitrogen and oxygen atoms in total. The van der Waals surface area contributed by atoms with E-state index in [-0.39, 0.29) is 16.7 Å². The van der Waals surface area contributed by atoms with Crippen LogP contribution in [0.3, 0.4) is 0 Å². The fourth-order valence-electron chi connectivity index (χ4n) is 3.23. The van der Waals surface area contributed by atoms with Crippen LogP contribution >= 0.6 is 23.2 Å². The fourth-order valence-corrected chi connectivity index (χ4v) is 4.99. The van der Waals surface area contributed by atoms with Gasteiger partial charge in [-0.2, -0.15) is 0 Å². The SMILES string of the molecule is CC(NC(=O)Nc1ccc(S(=O)(=O)CCN2CCOCC2)cc1)c1cccc(Cl)c1Cl. The van der Waals surface area contributed by atoms with E-state index in [1.165, 1.54) is 12.1 Å². The van der Waals surface area contributed by atoms with Crippen LogP contribution in [0.25, 0.3) is 0 Å². The van der Waals surface area contributed by atoms with Crippen LogP contribution in [0, 0.1) is 0 Å². The Hall–Kier alpha value is -1.84. The highest BCUT2D eigenvalue weighted by Gasteiger charge is 2.19. The number of anilines is 1. The molecule has 0 radical (unpaired) electrons. The van der Waals surface area contributed by atoms with Crippen molar-refractivity contribution >= 4 is 44.8 Å². The van der Waals surface area contributed by atoms with Crippen molar-refractivity contribution in [2.24, 2.45) is 0 Å². The zero-order chi connectivity index (χ0) is 22.4. The standard InChI is InChI=1S/C21H25Cl2N3O4S/c1-15(18-3-2-4-19(22)20(18)23)24-21(27)25-16-5-7-17(8-6-16)31(28,29)14-11-26-9-12-30-13-10-26/h2-8,15H,9-14H2,1H3,(H2,24,25,27). The van der Waals surface area contributed by atoms with E-state index in [1.807, 2.05) is 0 Å². The summed E-state index contributed by atoms with van der Waals surface area (Å²) in [4.78, 5) is 14.6. The van der Waals surface area contributed by atoms with E-state index < -0.39 is 15.9 Å². The Labute approximate surface area is 192 Å². The number of rotatable bonds is 7. The molecule has 1 saturated heterocycles. The smallest absolute Gasteiger partial charge is 0.319 e. The van der Waals surface area contributed by atoms with Gasteiger partial charge in [-0.05, 0) is 42.8 Å². The highest BCUT2D eigenvalue weighted by atomic mass is 35.5. The number of carbonyl (C=O) groups is 1. The molecule has 1 aliphatic rings.